The third-order valence-electron chi connectivity index (χ3n) is 3.68. The van der Waals surface area contributed by atoms with Crippen LogP contribution in [-0.4, -0.2) is 48.3 Å². The Morgan fingerprint density at radius 3 is 2.48 bits per heavy atom. The number of halogens is 1. The van der Waals surface area contributed by atoms with Crippen LogP contribution in [0.2, 0.25) is 5.15 Å². The first-order valence-electron chi connectivity index (χ1n) is 7.40. The molecule has 0 saturated carbocycles. The standard InChI is InChI=1S/C16H17ClN4O2S2/c1-20(2)16(25(22,23)11-7-5-4-6-8-11)12-9-13(17)21-14(18-12)10-15(19-21)24-3/h4-10,16H,1-3H3. The highest BCUT2D eigenvalue weighted by Gasteiger charge is 2.33. The van der Waals surface area contributed by atoms with E-state index >= 15 is 0 Å². The van der Waals surface area contributed by atoms with Gasteiger partial charge in [-0.3, -0.25) is 4.90 Å². The van der Waals surface area contributed by atoms with Gasteiger partial charge in [0, 0.05) is 6.07 Å². The molecule has 9 heteroatoms. The van der Waals surface area contributed by atoms with Crippen LogP contribution in [0.5, 0.6) is 0 Å². The Morgan fingerprint density at radius 2 is 1.88 bits per heavy atom. The molecule has 6 nitrogen and oxygen atoms in total. The minimum Gasteiger partial charge on any atom is -0.288 e. The van der Waals surface area contributed by atoms with E-state index in [2.05, 4.69) is 10.1 Å². The van der Waals surface area contributed by atoms with Crippen molar-refractivity contribution < 1.29 is 8.42 Å². The van der Waals surface area contributed by atoms with Crippen molar-refractivity contribution >= 4 is 38.8 Å². The van der Waals surface area contributed by atoms with Gasteiger partial charge in [0.2, 0.25) is 0 Å². The molecule has 0 radical (unpaired) electrons. The normalized spacial score (nSPS) is 13.5. The maximum absolute atomic E-state index is 13.1. The molecule has 0 N–H and O–H groups in total. The summed E-state index contributed by atoms with van der Waals surface area (Å²) in [6.45, 7) is 0. The maximum atomic E-state index is 13.1. The molecule has 3 aromatic rings. The number of benzene rings is 1. The summed E-state index contributed by atoms with van der Waals surface area (Å²) in [4.78, 5) is 6.35. The lowest BCUT2D eigenvalue weighted by Crippen LogP contribution is -2.29. The van der Waals surface area contributed by atoms with Gasteiger partial charge in [0.25, 0.3) is 0 Å². The van der Waals surface area contributed by atoms with E-state index in [-0.39, 0.29) is 4.90 Å². The van der Waals surface area contributed by atoms with Crippen LogP contribution in [0.25, 0.3) is 5.65 Å². The van der Waals surface area contributed by atoms with Crippen LogP contribution < -0.4 is 0 Å². The van der Waals surface area contributed by atoms with Gasteiger partial charge in [0.15, 0.2) is 20.9 Å². The van der Waals surface area contributed by atoms with Gasteiger partial charge in [-0.25, -0.2) is 17.9 Å². The van der Waals surface area contributed by atoms with Crippen LogP contribution in [0, 0.1) is 0 Å². The van der Waals surface area contributed by atoms with E-state index in [0.717, 1.165) is 5.03 Å². The number of hydrogen-bond acceptors (Lipinski definition) is 6. The summed E-state index contributed by atoms with van der Waals surface area (Å²) in [5.41, 5.74) is 0.876. The first-order valence-corrected chi connectivity index (χ1v) is 10.5. The number of hydrogen-bond donors (Lipinski definition) is 0. The Morgan fingerprint density at radius 1 is 1.20 bits per heavy atom. The average molecular weight is 397 g/mol. The van der Waals surface area contributed by atoms with Crippen molar-refractivity contribution in [2.45, 2.75) is 15.3 Å². The number of aromatic nitrogens is 3. The third kappa shape index (κ3) is 3.39. The molecule has 3 rings (SSSR count). The minimum atomic E-state index is -3.67. The molecular formula is C16H17ClN4O2S2. The Bertz CT molecular complexity index is 1000. The zero-order chi connectivity index (χ0) is 18.2. The molecule has 25 heavy (non-hydrogen) atoms. The first kappa shape index (κ1) is 18.2. The highest BCUT2D eigenvalue weighted by atomic mass is 35.5. The highest BCUT2D eigenvalue weighted by molar-refractivity contribution is 7.98. The second kappa shape index (κ2) is 6.95. The van der Waals surface area contributed by atoms with E-state index in [1.807, 2.05) is 6.26 Å². The predicted octanol–water partition coefficient (Wildman–Crippen LogP) is 3.14. The number of fused-ring (bicyclic) bond motifs is 1. The lowest BCUT2D eigenvalue weighted by atomic mass is 10.3. The monoisotopic (exact) mass is 396 g/mol. The van der Waals surface area contributed by atoms with E-state index in [1.165, 1.54) is 16.3 Å². The van der Waals surface area contributed by atoms with Crippen molar-refractivity contribution in [3.8, 4) is 0 Å². The minimum absolute atomic E-state index is 0.241. The van der Waals surface area contributed by atoms with Crippen LogP contribution in [0.1, 0.15) is 11.1 Å². The van der Waals surface area contributed by atoms with Crippen LogP contribution >= 0.6 is 23.4 Å². The fourth-order valence-electron chi connectivity index (χ4n) is 2.60. The zero-order valence-electron chi connectivity index (χ0n) is 13.9. The molecule has 0 spiro atoms. The maximum Gasteiger partial charge on any atom is 0.200 e. The van der Waals surface area contributed by atoms with Gasteiger partial charge < -0.3 is 0 Å². The van der Waals surface area contributed by atoms with Crippen molar-refractivity contribution in [1.82, 2.24) is 19.5 Å². The zero-order valence-corrected chi connectivity index (χ0v) is 16.3. The lowest BCUT2D eigenvalue weighted by Gasteiger charge is -2.24. The molecule has 0 saturated heterocycles. The number of thioether (sulfide) groups is 1. The van der Waals surface area contributed by atoms with Gasteiger partial charge >= 0.3 is 0 Å². The summed E-state index contributed by atoms with van der Waals surface area (Å²) < 4.78 is 27.8. The molecule has 132 valence electrons. The highest BCUT2D eigenvalue weighted by Crippen LogP contribution is 2.31. The summed E-state index contributed by atoms with van der Waals surface area (Å²) in [5, 5.41) is 4.44. The van der Waals surface area contributed by atoms with E-state index < -0.39 is 15.2 Å². The Balaban J connectivity index is 2.18. The van der Waals surface area contributed by atoms with Crippen molar-refractivity contribution in [3.05, 3.63) is 53.3 Å². The van der Waals surface area contributed by atoms with Crippen molar-refractivity contribution in [2.75, 3.05) is 20.4 Å². The molecule has 0 aliphatic rings. The van der Waals surface area contributed by atoms with E-state index in [9.17, 15) is 8.42 Å². The number of sulfone groups is 1. The second-order valence-corrected chi connectivity index (χ2v) is 8.86. The number of rotatable bonds is 5. The molecule has 0 aliphatic heterocycles. The van der Waals surface area contributed by atoms with Crippen LogP contribution in [0.15, 0.2) is 52.4 Å². The van der Waals surface area contributed by atoms with Gasteiger partial charge in [-0.1, -0.05) is 29.8 Å². The Kier molecular flexibility index (Phi) is 5.06. The van der Waals surface area contributed by atoms with Gasteiger partial charge in [0.1, 0.15) is 10.2 Å². The van der Waals surface area contributed by atoms with E-state index in [1.54, 1.807) is 61.5 Å². The molecule has 1 unspecified atom stereocenters. The Hall–Kier alpha value is -1.61. The molecule has 0 amide bonds. The smallest absolute Gasteiger partial charge is 0.200 e. The third-order valence-corrected chi connectivity index (χ3v) is 6.75. The van der Waals surface area contributed by atoms with Crippen LogP contribution in [0.3, 0.4) is 0 Å². The lowest BCUT2D eigenvalue weighted by molar-refractivity contribution is 0.365. The van der Waals surface area contributed by atoms with E-state index in [0.29, 0.717) is 16.5 Å². The van der Waals surface area contributed by atoms with Gasteiger partial charge in [-0.2, -0.15) is 5.10 Å². The summed E-state index contributed by atoms with van der Waals surface area (Å²) in [6.07, 6.45) is 1.90. The van der Waals surface area contributed by atoms with Crippen LogP contribution in [-0.2, 0) is 9.84 Å². The summed E-state index contributed by atoms with van der Waals surface area (Å²) in [6, 6.07) is 11.7. The van der Waals surface area contributed by atoms with Gasteiger partial charge in [0.05, 0.1) is 10.6 Å². The topological polar surface area (TPSA) is 67.6 Å². The summed E-state index contributed by atoms with van der Waals surface area (Å²) >= 11 is 7.78. The van der Waals surface area contributed by atoms with Crippen LogP contribution in [0.4, 0.5) is 0 Å². The van der Waals surface area contributed by atoms with Crippen molar-refractivity contribution in [2.24, 2.45) is 0 Å². The summed E-state index contributed by atoms with van der Waals surface area (Å²) in [7, 11) is -0.262. The average Bonchev–Trinajstić information content (AvgIpc) is 2.99. The molecule has 0 aliphatic carbocycles. The van der Waals surface area contributed by atoms with Gasteiger partial charge in [-0.15, -0.1) is 11.8 Å². The fourth-order valence-corrected chi connectivity index (χ4v) is 5.01. The van der Waals surface area contributed by atoms with Crippen molar-refractivity contribution in [3.63, 3.8) is 0 Å². The molecular weight excluding hydrogens is 380 g/mol. The fraction of sp³-hybridized carbons (Fsp3) is 0.250. The molecule has 1 atom stereocenters. The first-order chi connectivity index (χ1) is 11.8. The van der Waals surface area contributed by atoms with Gasteiger partial charge in [-0.05, 0) is 38.6 Å². The quantitative estimate of drug-likeness (QED) is 0.487. The second-order valence-electron chi connectivity index (χ2n) is 5.63. The molecule has 0 fully saturated rings. The molecule has 1 aromatic carbocycles. The SMILES string of the molecule is CSc1cc2nc(C(N(C)C)S(=O)(=O)c3ccccc3)cc(Cl)n2n1. The molecule has 2 heterocycles. The number of nitrogens with zero attached hydrogens (tertiary/aromatic N) is 4. The largest absolute Gasteiger partial charge is 0.288 e. The van der Waals surface area contributed by atoms with E-state index in [4.69, 9.17) is 11.6 Å². The summed E-state index contributed by atoms with van der Waals surface area (Å²) in [5.74, 6) is 0. The predicted molar refractivity (Wildman–Crippen MR) is 99.8 cm³/mol. The van der Waals surface area contributed by atoms with Crippen molar-refractivity contribution in [1.29, 1.82) is 0 Å². The Labute approximate surface area is 155 Å². The molecule has 0 bridgehead atoms. The molecule has 2 aromatic heterocycles.